The molecule has 90 valence electrons. The van der Waals surface area contributed by atoms with Crippen LogP contribution in [0.4, 0.5) is 0 Å². The van der Waals surface area contributed by atoms with Gasteiger partial charge in [0, 0.05) is 5.41 Å². The highest BCUT2D eigenvalue weighted by Crippen LogP contribution is 2.29. The van der Waals surface area contributed by atoms with E-state index in [1.54, 1.807) is 0 Å². The topological polar surface area (TPSA) is 29.5 Å². The van der Waals surface area contributed by atoms with Crippen LogP contribution in [0.15, 0.2) is 0 Å². The van der Waals surface area contributed by atoms with Crippen molar-refractivity contribution in [1.82, 2.24) is 0 Å². The second-order valence-electron chi connectivity index (χ2n) is 5.70. The molecule has 2 atom stereocenters. The van der Waals surface area contributed by atoms with Gasteiger partial charge in [-0.25, -0.2) is 0 Å². The quantitative estimate of drug-likeness (QED) is 0.762. The molecular weight excluding hydrogens is 188 g/mol. The van der Waals surface area contributed by atoms with Crippen LogP contribution in [-0.4, -0.2) is 24.4 Å². The number of aliphatic hydroxyl groups is 1. The van der Waals surface area contributed by atoms with Crippen LogP contribution in [0.3, 0.4) is 0 Å². The molecule has 0 aromatic heterocycles. The van der Waals surface area contributed by atoms with Crippen LogP contribution in [0.1, 0.15) is 52.9 Å². The molecule has 15 heavy (non-hydrogen) atoms. The van der Waals surface area contributed by atoms with Gasteiger partial charge in [-0.1, -0.05) is 40.0 Å². The lowest BCUT2D eigenvalue weighted by Gasteiger charge is -2.31. The fourth-order valence-electron chi connectivity index (χ4n) is 2.15. The van der Waals surface area contributed by atoms with E-state index in [1.807, 2.05) is 13.8 Å². The first-order valence-corrected chi connectivity index (χ1v) is 6.30. The Balaban J connectivity index is 2.26. The average molecular weight is 214 g/mol. The van der Waals surface area contributed by atoms with Gasteiger partial charge < -0.3 is 9.84 Å². The van der Waals surface area contributed by atoms with E-state index < -0.39 is 0 Å². The summed E-state index contributed by atoms with van der Waals surface area (Å²) in [5, 5.41) is 9.14. The summed E-state index contributed by atoms with van der Waals surface area (Å²) >= 11 is 0. The third kappa shape index (κ3) is 4.52. The van der Waals surface area contributed by atoms with E-state index in [-0.39, 0.29) is 12.0 Å². The number of hydrogen-bond acceptors (Lipinski definition) is 2. The highest BCUT2D eigenvalue weighted by Gasteiger charge is 2.24. The van der Waals surface area contributed by atoms with Crippen LogP contribution >= 0.6 is 0 Å². The summed E-state index contributed by atoms with van der Waals surface area (Å²) < 4.78 is 5.91. The second-order valence-corrected chi connectivity index (χ2v) is 5.70. The molecule has 0 saturated heterocycles. The van der Waals surface area contributed by atoms with Crippen LogP contribution < -0.4 is 0 Å². The molecule has 0 radical (unpaired) electrons. The Morgan fingerprint density at radius 3 is 2.67 bits per heavy atom. The zero-order valence-corrected chi connectivity index (χ0v) is 10.5. The van der Waals surface area contributed by atoms with Crippen LogP contribution in [0.25, 0.3) is 0 Å². The molecule has 0 heterocycles. The second kappa shape index (κ2) is 5.86. The third-order valence-corrected chi connectivity index (χ3v) is 3.45. The van der Waals surface area contributed by atoms with Gasteiger partial charge in [-0.3, -0.25) is 0 Å². The van der Waals surface area contributed by atoms with Crippen molar-refractivity contribution in [2.24, 2.45) is 11.3 Å². The highest BCUT2D eigenvalue weighted by molar-refractivity contribution is 4.74. The van der Waals surface area contributed by atoms with Gasteiger partial charge in [-0.2, -0.15) is 0 Å². The van der Waals surface area contributed by atoms with Crippen molar-refractivity contribution in [3.63, 3.8) is 0 Å². The molecule has 1 aliphatic carbocycles. The molecule has 0 aliphatic heterocycles. The summed E-state index contributed by atoms with van der Waals surface area (Å²) in [7, 11) is 0. The molecule has 1 N–H and O–H groups in total. The Hall–Kier alpha value is -0.0800. The monoisotopic (exact) mass is 214 g/mol. The Kier molecular flexibility index (Phi) is 5.07. The van der Waals surface area contributed by atoms with Gasteiger partial charge in [0.2, 0.25) is 0 Å². The van der Waals surface area contributed by atoms with Gasteiger partial charge in [0.05, 0.1) is 19.3 Å². The van der Waals surface area contributed by atoms with Crippen molar-refractivity contribution in [2.75, 3.05) is 13.2 Å². The van der Waals surface area contributed by atoms with Crippen LogP contribution in [-0.2, 0) is 4.74 Å². The van der Waals surface area contributed by atoms with Crippen molar-refractivity contribution in [3.8, 4) is 0 Å². The number of aliphatic hydroxyl groups excluding tert-OH is 1. The Morgan fingerprint density at radius 2 is 2.07 bits per heavy atom. The Morgan fingerprint density at radius 1 is 1.33 bits per heavy atom. The van der Waals surface area contributed by atoms with E-state index >= 15 is 0 Å². The predicted octanol–water partition coefficient (Wildman–Crippen LogP) is 2.99. The van der Waals surface area contributed by atoms with Crippen LogP contribution in [0.5, 0.6) is 0 Å². The highest BCUT2D eigenvalue weighted by atomic mass is 16.5. The lowest BCUT2D eigenvalue weighted by atomic mass is 9.85. The minimum absolute atomic E-state index is 0.0842. The summed E-state index contributed by atoms with van der Waals surface area (Å²) in [5.41, 5.74) is -0.0842. The largest absolute Gasteiger partial charge is 0.396 e. The third-order valence-electron chi connectivity index (χ3n) is 3.45. The molecule has 0 bridgehead atoms. The first-order valence-electron chi connectivity index (χ1n) is 6.30. The molecular formula is C13H26O2. The maximum absolute atomic E-state index is 9.14. The standard InChI is InChI=1S/C13H26O2/c1-4-11-6-5-7-12(8-11)15-10-13(2,3)9-14/h11-12,14H,4-10H2,1-3H3. The number of rotatable bonds is 5. The minimum Gasteiger partial charge on any atom is -0.396 e. The molecule has 2 nitrogen and oxygen atoms in total. The molecule has 2 heteroatoms. The molecule has 2 unspecified atom stereocenters. The number of hydrogen-bond donors (Lipinski definition) is 1. The molecule has 1 saturated carbocycles. The Bertz CT molecular complexity index is 177. The van der Waals surface area contributed by atoms with Crippen LogP contribution in [0.2, 0.25) is 0 Å². The minimum atomic E-state index is -0.0842. The molecule has 0 aromatic carbocycles. The maximum atomic E-state index is 9.14. The van der Waals surface area contributed by atoms with Crippen molar-refractivity contribution in [1.29, 1.82) is 0 Å². The van der Waals surface area contributed by atoms with Crippen molar-refractivity contribution in [3.05, 3.63) is 0 Å². The smallest absolute Gasteiger partial charge is 0.0578 e. The summed E-state index contributed by atoms with van der Waals surface area (Å²) in [6.45, 7) is 7.26. The first-order chi connectivity index (χ1) is 7.07. The number of ether oxygens (including phenoxy) is 1. The van der Waals surface area contributed by atoms with Gasteiger partial charge >= 0.3 is 0 Å². The van der Waals surface area contributed by atoms with Crippen molar-refractivity contribution < 1.29 is 9.84 Å². The fourth-order valence-corrected chi connectivity index (χ4v) is 2.15. The predicted molar refractivity (Wildman–Crippen MR) is 62.9 cm³/mol. The summed E-state index contributed by atoms with van der Waals surface area (Å²) in [6, 6.07) is 0. The van der Waals surface area contributed by atoms with E-state index in [4.69, 9.17) is 9.84 Å². The Labute approximate surface area is 94.0 Å². The van der Waals surface area contributed by atoms with E-state index in [0.29, 0.717) is 12.7 Å². The summed E-state index contributed by atoms with van der Waals surface area (Å²) in [4.78, 5) is 0. The van der Waals surface area contributed by atoms with Crippen LogP contribution in [0, 0.1) is 11.3 Å². The fraction of sp³-hybridized carbons (Fsp3) is 1.00. The van der Waals surface area contributed by atoms with E-state index in [9.17, 15) is 0 Å². The lowest BCUT2D eigenvalue weighted by Crippen LogP contribution is -2.30. The summed E-state index contributed by atoms with van der Waals surface area (Å²) in [6.07, 6.45) is 6.83. The maximum Gasteiger partial charge on any atom is 0.0578 e. The molecule has 0 aromatic rings. The zero-order valence-electron chi connectivity index (χ0n) is 10.5. The van der Waals surface area contributed by atoms with Gasteiger partial charge in [-0.05, 0) is 18.8 Å². The SMILES string of the molecule is CCC1CCCC(OCC(C)(C)CO)C1. The lowest BCUT2D eigenvalue weighted by molar-refractivity contribution is -0.0401. The van der Waals surface area contributed by atoms with Gasteiger partial charge in [0.1, 0.15) is 0 Å². The van der Waals surface area contributed by atoms with E-state index in [2.05, 4.69) is 6.92 Å². The summed E-state index contributed by atoms with van der Waals surface area (Å²) in [5.74, 6) is 0.862. The zero-order chi connectivity index (χ0) is 11.3. The molecule has 1 fully saturated rings. The molecule has 1 aliphatic rings. The normalized spacial score (nSPS) is 28.0. The van der Waals surface area contributed by atoms with E-state index in [1.165, 1.54) is 32.1 Å². The van der Waals surface area contributed by atoms with Gasteiger partial charge in [-0.15, -0.1) is 0 Å². The van der Waals surface area contributed by atoms with Gasteiger partial charge in [0.15, 0.2) is 0 Å². The van der Waals surface area contributed by atoms with E-state index in [0.717, 1.165) is 5.92 Å². The van der Waals surface area contributed by atoms with Gasteiger partial charge in [0.25, 0.3) is 0 Å². The first kappa shape index (κ1) is 13.0. The van der Waals surface area contributed by atoms with Crippen molar-refractivity contribution in [2.45, 2.75) is 59.0 Å². The average Bonchev–Trinajstić information content (AvgIpc) is 2.27. The molecule has 0 spiro atoms. The molecule has 1 rings (SSSR count). The van der Waals surface area contributed by atoms with Crippen molar-refractivity contribution >= 4 is 0 Å². The molecule has 0 amide bonds.